The summed E-state index contributed by atoms with van der Waals surface area (Å²) in [6.45, 7) is 0.963. The summed E-state index contributed by atoms with van der Waals surface area (Å²) in [6, 6.07) is 30.8. The maximum Gasteiger partial charge on any atom is 0.266 e. The van der Waals surface area contributed by atoms with E-state index >= 15 is 0 Å². The molecule has 1 aliphatic heterocycles. The van der Waals surface area contributed by atoms with Crippen molar-refractivity contribution in [2.75, 3.05) is 26.9 Å². The molecule has 5 rings (SSSR count). The fourth-order valence-electron chi connectivity index (χ4n) is 5.22. The van der Waals surface area contributed by atoms with E-state index in [-0.39, 0.29) is 18.9 Å². The van der Waals surface area contributed by atoms with Gasteiger partial charge in [-0.3, -0.25) is 10.2 Å². The van der Waals surface area contributed by atoms with E-state index < -0.39 is 11.6 Å². The predicted molar refractivity (Wildman–Crippen MR) is 182 cm³/mol. The van der Waals surface area contributed by atoms with Crippen molar-refractivity contribution in [2.24, 2.45) is 4.99 Å². The Hall–Kier alpha value is -3.70. The number of para-hydroxylation sites is 1. The zero-order valence-corrected chi connectivity index (χ0v) is 28.0. The van der Waals surface area contributed by atoms with Crippen molar-refractivity contribution in [3.63, 3.8) is 0 Å². The maximum atomic E-state index is 14.4. The van der Waals surface area contributed by atoms with Gasteiger partial charge in [-0.25, -0.2) is 10.4 Å². The van der Waals surface area contributed by atoms with Crippen LogP contribution in [0.25, 0.3) is 0 Å². The summed E-state index contributed by atoms with van der Waals surface area (Å²) >= 11 is 7.21. The normalized spacial score (nSPS) is 17.3. The number of carbonyl (C=O) groups excluding carboxylic acids is 1. The summed E-state index contributed by atoms with van der Waals surface area (Å²) in [7, 11) is 1.65. The number of hydrogen-bond donors (Lipinski definition) is 3. The molecule has 3 N–H and O–H groups in total. The Balaban J connectivity index is 1.48. The molecule has 0 aliphatic carbocycles. The molecule has 10 heteroatoms. The molecular weight excluding hydrogens is 702 g/mol. The Morgan fingerprint density at radius 2 is 1.71 bits per heavy atom. The lowest BCUT2D eigenvalue weighted by molar-refractivity contribution is -0.130. The van der Waals surface area contributed by atoms with Crippen molar-refractivity contribution in [1.82, 2.24) is 10.9 Å². The van der Waals surface area contributed by atoms with Gasteiger partial charge in [0.1, 0.15) is 11.5 Å². The first-order chi connectivity index (χ1) is 21.9. The number of hydrogen-bond acceptors (Lipinski definition) is 7. The monoisotopic (exact) mass is 735 g/mol. The minimum absolute atomic E-state index is 0.0665. The second kappa shape index (κ2) is 15.5. The van der Waals surface area contributed by atoms with Crippen LogP contribution in [0.5, 0.6) is 11.5 Å². The van der Waals surface area contributed by atoms with Gasteiger partial charge in [0.15, 0.2) is 11.6 Å². The van der Waals surface area contributed by atoms with E-state index in [0.717, 1.165) is 36.9 Å². The van der Waals surface area contributed by atoms with Crippen molar-refractivity contribution in [2.45, 2.75) is 30.9 Å². The number of carbonyl (C=O) groups is 1. The molecule has 1 amide bonds. The summed E-state index contributed by atoms with van der Waals surface area (Å²) in [5.41, 5.74) is 8.22. The fourth-order valence-corrected chi connectivity index (χ4v) is 5.98. The van der Waals surface area contributed by atoms with E-state index in [9.17, 15) is 4.79 Å². The molecular formula is C35H35Br2N3O5. The van der Waals surface area contributed by atoms with Gasteiger partial charge < -0.3 is 19.3 Å². The molecule has 0 unspecified atom stereocenters. The van der Waals surface area contributed by atoms with Gasteiger partial charge in [-0.1, -0.05) is 80.4 Å². The molecule has 0 aromatic heterocycles. The third-order valence-electron chi connectivity index (χ3n) is 7.52. The lowest BCUT2D eigenvalue weighted by atomic mass is 9.82. The highest BCUT2D eigenvalue weighted by Gasteiger charge is 2.54. The summed E-state index contributed by atoms with van der Waals surface area (Å²) in [5.74, 6) is 1.52. The molecule has 2 atom stereocenters. The number of nitrogens with zero attached hydrogens (tertiary/aromatic N) is 1. The van der Waals surface area contributed by atoms with Crippen molar-refractivity contribution < 1.29 is 24.1 Å². The Labute approximate surface area is 280 Å². The highest BCUT2D eigenvalue weighted by atomic mass is 79.9. The summed E-state index contributed by atoms with van der Waals surface area (Å²) < 4.78 is 19.6. The first-order valence-electron chi connectivity index (χ1n) is 14.7. The zero-order chi connectivity index (χ0) is 31.6. The van der Waals surface area contributed by atoms with Gasteiger partial charge in [0.25, 0.3) is 5.91 Å². The van der Waals surface area contributed by atoms with Gasteiger partial charge in [-0.2, -0.15) is 0 Å². The summed E-state index contributed by atoms with van der Waals surface area (Å²) in [6.07, 6.45) is 0.752. The number of aliphatic hydroxyl groups is 1. The first-order valence-corrected chi connectivity index (χ1v) is 16.3. The summed E-state index contributed by atoms with van der Waals surface area (Å²) in [5, 5.41) is 9.06. The van der Waals surface area contributed by atoms with Gasteiger partial charge in [0.05, 0.1) is 13.7 Å². The molecule has 234 valence electrons. The SMILES string of the molecule is COc1ccccc1CCNNC(=O)[C@@]1(Cc2ccc(Br)cc2)N=C(c2ccc(OCCCO)cc2)O[C@H]1c1ccccc1Br. The highest BCUT2D eigenvalue weighted by Crippen LogP contribution is 2.44. The van der Waals surface area contributed by atoms with Crippen LogP contribution in [-0.2, 0) is 22.4 Å². The first kappa shape index (κ1) is 32.7. The highest BCUT2D eigenvalue weighted by molar-refractivity contribution is 9.10. The summed E-state index contributed by atoms with van der Waals surface area (Å²) in [4.78, 5) is 19.5. The third kappa shape index (κ3) is 7.94. The van der Waals surface area contributed by atoms with Crippen LogP contribution in [0, 0.1) is 0 Å². The van der Waals surface area contributed by atoms with Gasteiger partial charge in [0.2, 0.25) is 5.90 Å². The van der Waals surface area contributed by atoms with Crippen molar-refractivity contribution in [3.05, 3.63) is 128 Å². The Morgan fingerprint density at radius 3 is 2.44 bits per heavy atom. The number of amides is 1. The number of halogens is 2. The standard InChI is InChI=1S/C35H35Br2N3O5/c1-43-31-10-5-2-7-25(31)19-20-38-40-34(42)35(23-24-11-15-27(36)16-12-24)32(29-8-3-4-9-30(29)37)45-33(39-35)26-13-17-28(18-14-26)44-22-6-21-41/h2-5,7-18,32,38,41H,6,19-23H2,1H3,(H,40,42)/t32-,35-/m0/s1. The van der Waals surface area contributed by atoms with E-state index in [1.807, 2.05) is 97.1 Å². The molecule has 4 aromatic rings. The molecule has 0 saturated carbocycles. The van der Waals surface area contributed by atoms with Gasteiger partial charge in [-0.15, -0.1) is 0 Å². The zero-order valence-electron chi connectivity index (χ0n) is 24.8. The number of ether oxygens (including phenoxy) is 3. The van der Waals surface area contributed by atoms with Gasteiger partial charge >= 0.3 is 0 Å². The van der Waals surface area contributed by atoms with E-state index in [1.54, 1.807) is 7.11 Å². The Kier molecular flexibility index (Phi) is 11.3. The number of rotatable bonds is 14. The van der Waals surface area contributed by atoms with Crippen LogP contribution < -0.4 is 20.3 Å². The molecule has 45 heavy (non-hydrogen) atoms. The molecule has 0 fully saturated rings. The molecule has 0 saturated heterocycles. The van der Waals surface area contributed by atoms with Crippen molar-refractivity contribution >= 4 is 43.7 Å². The van der Waals surface area contributed by atoms with E-state index in [1.165, 1.54) is 0 Å². The molecule has 4 aromatic carbocycles. The van der Waals surface area contributed by atoms with Crippen LogP contribution in [-0.4, -0.2) is 49.3 Å². The fraction of sp³-hybridized carbons (Fsp3) is 0.257. The largest absolute Gasteiger partial charge is 0.496 e. The Morgan fingerprint density at radius 1 is 0.978 bits per heavy atom. The molecule has 1 heterocycles. The lowest BCUT2D eigenvalue weighted by Gasteiger charge is -2.31. The smallest absolute Gasteiger partial charge is 0.266 e. The van der Waals surface area contributed by atoms with E-state index in [0.29, 0.717) is 37.6 Å². The number of nitrogens with one attached hydrogen (secondary N) is 2. The number of methoxy groups -OCH3 is 1. The average molecular weight is 737 g/mol. The third-order valence-corrected chi connectivity index (χ3v) is 8.77. The minimum Gasteiger partial charge on any atom is -0.496 e. The molecule has 8 nitrogen and oxygen atoms in total. The number of aliphatic imine (C=N–C) groups is 1. The van der Waals surface area contributed by atoms with E-state index in [4.69, 9.17) is 24.3 Å². The molecule has 0 bridgehead atoms. The number of hydrazine groups is 1. The maximum absolute atomic E-state index is 14.4. The van der Waals surface area contributed by atoms with Crippen LogP contribution >= 0.6 is 31.9 Å². The minimum atomic E-state index is -1.35. The van der Waals surface area contributed by atoms with Crippen LogP contribution in [0.1, 0.15) is 34.8 Å². The van der Waals surface area contributed by atoms with Crippen LogP contribution in [0.3, 0.4) is 0 Å². The van der Waals surface area contributed by atoms with Gasteiger partial charge in [-0.05, 0) is 66.1 Å². The number of aliphatic hydroxyl groups excluding tert-OH is 1. The average Bonchev–Trinajstić information content (AvgIpc) is 3.45. The molecule has 0 spiro atoms. The predicted octanol–water partition coefficient (Wildman–Crippen LogP) is 6.34. The van der Waals surface area contributed by atoms with Crippen LogP contribution in [0.4, 0.5) is 0 Å². The second-order valence-electron chi connectivity index (χ2n) is 10.6. The van der Waals surface area contributed by atoms with Crippen LogP contribution in [0.2, 0.25) is 0 Å². The topological polar surface area (TPSA) is 101 Å². The lowest BCUT2D eigenvalue weighted by Crippen LogP contribution is -2.54. The molecule has 0 radical (unpaired) electrons. The van der Waals surface area contributed by atoms with E-state index in [2.05, 4.69) is 42.7 Å². The quantitative estimate of drug-likeness (QED) is 0.103. The van der Waals surface area contributed by atoms with Gasteiger partial charge in [0, 0.05) is 46.1 Å². The number of benzene rings is 4. The Bertz CT molecular complexity index is 1610. The molecule has 1 aliphatic rings. The van der Waals surface area contributed by atoms with Crippen molar-refractivity contribution in [3.8, 4) is 11.5 Å². The van der Waals surface area contributed by atoms with Crippen molar-refractivity contribution in [1.29, 1.82) is 0 Å². The van der Waals surface area contributed by atoms with Crippen LogP contribution in [0.15, 0.2) is 111 Å². The second-order valence-corrected chi connectivity index (χ2v) is 12.3.